The van der Waals surface area contributed by atoms with E-state index in [1.165, 1.54) is 0 Å². The van der Waals surface area contributed by atoms with Crippen molar-refractivity contribution >= 4 is 0 Å². The van der Waals surface area contributed by atoms with Gasteiger partial charge in [-0.2, -0.15) is 0 Å². The van der Waals surface area contributed by atoms with Gasteiger partial charge in [0.05, 0.1) is 5.60 Å². The number of rotatable bonds is 2. The minimum Gasteiger partial charge on any atom is -0.306 e. The molecule has 3 heteroatoms. The van der Waals surface area contributed by atoms with E-state index >= 15 is 0 Å². The van der Waals surface area contributed by atoms with Crippen LogP contribution in [0.5, 0.6) is 0 Å². The standard InChI is InChI=1S/C5H13NO2/c1-5(2,3)8-7-4-6/h4,6H2,1-3H3. The highest BCUT2D eigenvalue weighted by Crippen LogP contribution is 2.05. The first-order valence-electron chi connectivity index (χ1n) is 2.57. The molecule has 8 heavy (non-hydrogen) atoms. The van der Waals surface area contributed by atoms with Gasteiger partial charge < -0.3 is 5.73 Å². The molecule has 0 fully saturated rings. The monoisotopic (exact) mass is 119 g/mol. The number of nitrogens with two attached hydrogens (primary N) is 1. The van der Waals surface area contributed by atoms with Gasteiger partial charge in [0, 0.05) is 0 Å². The van der Waals surface area contributed by atoms with E-state index in [2.05, 4.69) is 4.89 Å². The maximum atomic E-state index is 4.99. The van der Waals surface area contributed by atoms with Crippen LogP contribution in [0.3, 0.4) is 0 Å². The molecule has 2 N–H and O–H groups in total. The van der Waals surface area contributed by atoms with Gasteiger partial charge in [-0.05, 0) is 20.8 Å². The molecule has 0 rings (SSSR count). The van der Waals surface area contributed by atoms with Crippen molar-refractivity contribution in [1.82, 2.24) is 0 Å². The average molecular weight is 119 g/mol. The van der Waals surface area contributed by atoms with Gasteiger partial charge in [-0.15, -0.1) is 0 Å². The summed E-state index contributed by atoms with van der Waals surface area (Å²) >= 11 is 0. The van der Waals surface area contributed by atoms with Crippen LogP contribution in [0.25, 0.3) is 0 Å². The predicted molar refractivity (Wildman–Crippen MR) is 31.0 cm³/mol. The third-order valence-corrected chi connectivity index (χ3v) is 0.377. The molecule has 0 aliphatic carbocycles. The highest BCUT2D eigenvalue weighted by atomic mass is 17.2. The summed E-state index contributed by atoms with van der Waals surface area (Å²) in [5.74, 6) is 0. The highest BCUT2D eigenvalue weighted by molar-refractivity contribution is 4.54. The maximum absolute atomic E-state index is 4.99. The molecule has 3 nitrogen and oxygen atoms in total. The Kier molecular flexibility index (Phi) is 2.97. The Morgan fingerprint density at radius 2 is 1.88 bits per heavy atom. The molecule has 0 aliphatic rings. The molecule has 0 unspecified atom stereocenters. The minimum absolute atomic E-state index is 0.108. The second-order valence-electron chi connectivity index (χ2n) is 2.48. The second-order valence-corrected chi connectivity index (χ2v) is 2.48. The summed E-state index contributed by atoms with van der Waals surface area (Å²) in [5, 5.41) is 0. The molecule has 0 spiro atoms. The van der Waals surface area contributed by atoms with Gasteiger partial charge in [-0.1, -0.05) is 0 Å². The van der Waals surface area contributed by atoms with Gasteiger partial charge in [-0.25, -0.2) is 9.78 Å². The van der Waals surface area contributed by atoms with E-state index in [-0.39, 0.29) is 12.3 Å². The minimum atomic E-state index is -0.251. The fraction of sp³-hybridized carbons (Fsp3) is 1.00. The lowest BCUT2D eigenvalue weighted by Gasteiger charge is -2.15. The Labute approximate surface area is 49.7 Å². The van der Waals surface area contributed by atoms with Crippen molar-refractivity contribution in [3.05, 3.63) is 0 Å². The van der Waals surface area contributed by atoms with Gasteiger partial charge in [0.25, 0.3) is 0 Å². The number of hydrogen-bond acceptors (Lipinski definition) is 3. The quantitative estimate of drug-likeness (QED) is 0.330. The van der Waals surface area contributed by atoms with Crippen LogP contribution < -0.4 is 5.73 Å². The molecule has 0 bridgehead atoms. The molecule has 0 saturated carbocycles. The Morgan fingerprint density at radius 3 is 2.00 bits per heavy atom. The maximum Gasteiger partial charge on any atom is 0.130 e. The van der Waals surface area contributed by atoms with Crippen molar-refractivity contribution in [2.24, 2.45) is 5.73 Å². The van der Waals surface area contributed by atoms with E-state index in [1.54, 1.807) is 0 Å². The van der Waals surface area contributed by atoms with Gasteiger partial charge in [0.1, 0.15) is 6.73 Å². The number of hydrogen-bond donors (Lipinski definition) is 1. The van der Waals surface area contributed by atoms with E-state index in [0.29, 0.717) is 0 Å². The molecule has 0 heterocycles. The van der Waals surface area contributed by atoms with Crippen molar-refractivity contribution in [3.63, 3.8) is 0 Å². The molecule has 0 aromatic rings. The summed E-state index contributed by atoms with van der Waals surface area (Å²) in [7, 11) is 0. The summed E-state index contributed by atoms with van der Waals surface area (Å²) in [5.41, 5.74) is 4.74. The summed E-state index contributed by atoms with van der Waals surface area (Å²) in [4.78, 5) is 9.23. The molecular formula is C5H13NO2. The van der Waals surface area contributed by atoms with Gasteiger partial charge >= 0.3 is 0 Å². The molecule has 0 aromatic heterocycles. The van der Waals surface area contributed by atoms with Crippen LogP contribution in [0.4, 0.5) is 0 Å². The van der Waals surface area contributed by atoms with Crippen LogP contribution in [0, 0.1) is 0 Å². The first-order valence-corrected chi connectivity index (χ1v) is 2.57. The summed E-state index contributed by atoms with van der Waals surface area (Å²) in [6.45, 7) is 5.78. The zero-order valence-corrected chi connectivity index (χ0v) is 5.60. The molecule has 0 saturated heterocycles. The third kappa shape index (κ3) is 5.88. The fourth-order valence-corrected chi connectivity index (χ4v) is 0.211. The average Bonchev–Trinajstić information content (AvgIpc) is 1.59. The predicted octanol–water partition coefficient (Wildman–Crippen LogP) is 0.649. The van der Waals surface area contributed by atoms with Crippen molar-refractivity contribution in [1.29, 1.82) is 0 Å². The zero-order valence-electron chi connectivity index (χ0n) is 5.60. The first kappa shape index (κ1) is 7.88. The van der Waals surface area contributed by atoms with E-state index in [4.69, 9.17) is 10.6 Å². The lowest BCUT2D eigenvalue weighted by molar-refractivity contribution is -0.347. The SMILES string of the molecule is CC(C)(C)OOCN. The molecule has 0 amide bonds. The first-order chi connectivity index (χ1) is 3.56. The normalized spacial score (nSPS) is 12.0. The topological polar surface area (TPSA) is 44.5 Å². The smallest absolute Gasteiger partial charge is 0.130 e. The molecule has 0 atom stereocenters. The van der Waals surface area contributed by atoms with Crippen molar-refractivity contribution in [3.8, 4) is 0 Å². The van der Waals surface area contributed by atoms with Crippen molar-refractivity contribution in [2.75, 3.05) is 6.73 Å². The van der Waals surface area contributed by atoms with Crippen molar-refractivity contribution < 1.29 is 9.78 Å². The third-order valence-electron chi connectivity index (χ3n) is 0.377. The van der Waals surface area contributed by atoms with Crippen LogP contribution in [-0.4, -0.2) is 12.3 Å². The van der Waals surface area contributed by atoms with Crippen LogP contribution in [0.2, 0.25) is 0 Å². The Balaban J connectivity index is 3.11. The van der Waals surface area contributed by atoms with E-state index in [1.807, 2.05) is 20.8 Å². The Hall–Kier alpha value is -0.120. The highest BCUT2D eigenvalue weighted by Gasteiger charge is 2.09. The summed E-state index contributed by atoms with van der Waals surface area (Å²) in [6, 6.07) is 0. The van der Waals surface area contributed by atoms with E-state index in [9.17, 15) is 0 Å². The molecule has 50 valence electrons. The zero-order chi connectivity index (χ0) is 6.62. The van der Waals surface area contributed by atoms with Crippen molar-refractivity contribution in [2.45, 2.75) is 26.4 Å². The van der Waals surface area contributed by atoms with E-state index in [0.717, 1.165) is 0 Å². The molecule has 0 aliphatic heterocycles. The lowest BCUT2D eigenvalue weighted by Crippen LogP contribution is -2.21. The van der Waals surface area contributed by atoms with Crippen LogP contribution >= 0.6 is 0 Å². The summed E-state index contributed by atoms with van der Waals surface area (Å²) < 4.78 is 0. The lowest BCUT2D eigenvalue weighted by atomic mass is 10.2. The molecular weight excluding hydrogens is 106 g/mol. The molecule has 0 aromatic carbocycles. The van der Waals surface area contributed by atoms with Crippen LogP contribution in [-0.2, 0) is 9.78 Å². The summed E-state index contributed by atoms with van der Waals surface area (Å²) in [6.07, 6.45) is 0. The Bertz CT molecular complexity index is 57.9. The van der Waals surface area contributed by atoms with Crippen LogP contribution in [0.15, 0.2) is 0 Å². The fourth-order valence-electron chi connectivity index (χ4n) is 0.211. The van der Waals surface area contributed by atoms with E-state index < -0.39 is 0 Å². The largest absolute Gasteiger partial charge is 0.306 e. The second kappa shape index (κ2) is 3.02. The molecule has 0 radical (unpaired) electrons. The van der Waals surface area contributed by atoms with Gasteiger partial charge in [0.2, 0.25) is 0 Å². The van der Waals surface area contributed by atoms with Crippen LogP contribution in [0.1, 0.15) is 20.8 Å². The van der Waals surface area contributed by atoms with Gasteiger partial charge in [0.15, 0.2) is 0 Å². The van der Waals surface area contributed by atoms with Gasteiger partial charge in [-0.3, -0.25) is 0 Å². The Morgan fingerprint density at radius 1 is 1.38 bits per heavy atom.